The molecule has 0 fully saturated rings. The van der Waals surface area contributed by atoms with Crippen molar-refractivity contribution in [1.29, 1.82) is 0 Å². The lowest BCUT2D eigenvalue weighted by molar-refractivity contribution is -0.137. The van der Waals surface area contributed by atoms with Gasteiger partial charge >= 0.3 is 5.97 Å². The van der Waals surface area contributed by atoms with Crippen LogP contribution in [0.25, 0.3) is 5.69 Å². The first-order valence-electron chi connectivity index (χ1n) is 5.58. The van der Waals surface area contributed by atoms with E-state index in [4.69, 9.17) is 9.84 Å². The van der Waals surface area contributed by atoms with Crippen molar-refractivity contribution < 1.29 is 19.7 Å². The van der Waals surface area contributed by atoms with Crippen molar-refractivity contribution in [3.05, 3.63) is 24.3 Å². The number of thioether (sulfide) groups is 1. The van der Waals surface area contributed by atoms with Crippen LogP contribution in [-0.2, 0) is 9.53 Å². The number of ether oxygens (including phenoxy) is 1. The molecular weight excluding hydrogens is 284 g/mol. The van der Waals surface area contributed by atoms with Crippen LogP contribution in [0.3, 0.4) is 0 Å². The summed E-state index contributed by atoms with van der Waals surface area (Å²) in [5, 5.41) is 29.0. The summed E-state index contributed by atoms with van der Waals surface area (Å²) in [6, 6.07) is 6.24. The fraction of sp³-hybridized carbons (Fsp3) is 0.273. The molecule has 0 aliphatic heterocycles. The second-order valence-electron chi connectivity index (χ2n) is 3.79. The molecular formula is C11H12N4O4S. The summed E-state index contributed by atoms with van der Waals surface area (Å²) in [6.45, 7) is 0.0441. The first-order valence-corrected chi connectivity index (χ1v) is 6.46. The summed E-state index contributed by atoms with van der Waals surface area (Å²) in [5.41, 5.74) is 0.622. The van der Waals surface area contributed by atoms with Crippen LogP contribution in [0.1, 0.15) is 0 Å². The van der Waals surface area contributed by atoms with Crippen molar-refractivity contribution in [3.8, 4) is 11.4 Å². The molecule has 8 nitrogen and oxygen atoms in total. The number of phenolic OH excluding ortho intramolecular Hbond substituents is 1. The largest absolute Gasteiger partial charge is 0.508 e. The number of benzene rings is 1. The molecule has 1 heterocycles. The number of rotatable bonds is 6. The van der Waals surface area contributed by atoms with E-state index in [-0.39, 0.29) is 12.4 Å². The minimum Gasteiger partial charge on any atom is -0.508 e. The van der Waals surface area contributed by atoms with E-state index in [2.05, 4.69) is 15.5 Å². The monoisotopic (exact) mass is 296 g/mol. The summed E-state index contributed by atoms with van der Waals surface area (Å²) in [6.07, 6.45) is 0. The van der Waals surface area contributed by atoms with Gasteiger partial charge in [0.05, 0.1) is 12.3 Å². The molecule has 1 aromatic carbocycles. The van der Waals surface area contributed by atoms with Crippen molar-refractivity contribution in [2.75, 3.05) is 13.7 Å². The van der Waals surface area contributed by atoms with Crippen molar-refractivity contribution >= 4 is 17.7 Å². The number of tetrazole rings is 1. The molecule has 1 unspecified atom stereocenters. The molecule has 0 radical (unpaired) electrons. The van der Waals surface area contributed by atoms with E-state index >= 15 is 0 Å². The van der Waals surface area contributed by atoms with Gasteiger partial charge < -0.3 is 14.9 Å². The highest BCUT2D eigenvalue weighted by Crippen LogP contribution is 2.24. The van der Waals surface area contributed by atoms with Crippen LogP contribution in [0.2, 0.25) is 0 Å². The number of carboxylic acid groups (broad SMARTS) is 1. The van der Waals surface area contributed by atoms with Crippen LogP contribution in [0.15, 0.2) is 29.4 Å². The van der Waals surface area contributed by atoms with Crippen LogP contribution in [0.4, 0.5) is 0 Å². The Kier molecular flexibility index (Phi) is 4.53. The van der Waals surface area contributed by atoms with E-state index in [0.29, 0.717) is 10.8 Å². The van der Waals surface area contributed by atoms with Gasteiger partial charge in [-0.15, -0.1) is 5.10 Å². The molecule has 0 bridgehead atoms. The van der Waals surface area contributed by atoms with Gasteiger partial charge in [-0.3, -0.25) is 4.79 Å². The van der Waals surface area contributed by atoms with Crippen molar-refractivity contribution in [1.82, 2.24) is 20.2 Å². The Morgan fingerprint density at radius 2 is 2.15 bits per heavy atom. The van der Waals surface area contributed by atoms with Gasteiger partial charge in [-0.2, -0.15) is 4.68 Å². The number of carbonyl (C=O) groups is 1. The lowest BCUT2D eigenvalue weighted by Crippen LogP contribution is -2.22. The number of carboxylic acids is 1. The molecule has 0 saturated carbocycles. The van der Waals surface area contributed by atoms with E-state index in [1.165, 1.54) is 23.9 Å². The lowest BCUT2D eigenvalue weighted by atomic mass is 10.3. The molecule has 0 aliphatic carbocycles. The van der Waals surface area contributed by atoms with Crippen LogP contribution >= 0.6 is 11.8 Å². The molecule has 2 rings (SSSR count). The van der Waals surface area contributed by atoms with E-state index in [9.17, 15) is 9.90 Å². The summed E-state index contributed by atoms with van der Waals surface area (Å²) >= 11 is 0.994. The normalized spacial score (nSPS) is 12.2. The molecule has 0 spiro atoms. The van der Waals surface area contributed by atoms with Crippen LogP contribution in [0.5, 0.6) is 5.75 Å². The smallest absolute Gasteiger partial charge is 0.319 e. The number of hydrogen-bond acceptors (Lipinski definition) is 7. The maximum Gasteiger partial charge on any atom is 0.319 e. The Hall–Kier alpha value is -2.13. The number of hydrogen-bond donors (Lipinski definition) is 2. The maximum absolute atomic E-state index is 11.1. The third kappa shape index (κ3) is 3.25. The topological polar surface area (TPSA) is 110 Å². The second kappa shape index (κ2) is 6.35. The molecule has 106 valence electrons. The fourth-order valence-electron chi connectivity index (χ4n) is 1.44. The zero-order valence-corrected chi connectivity index (χ0v) is 11.3. The lowest BCUT2D eigenvalue weighted by Gasteiger charge is -2.10. The third-order valence-electron chi connectivity index (χ3n) is 2.38. The number of nitrogens with zero attached hydrogens (tertiary/aromatic N) is 4. The van der Waals surface area contributed by atoms with Gasteiger partial charge in [0.15, 0.2) is 0 Å². The van der Waals surface area contributed by atoms with Crippen molar-refractivity contribution in [2.45, 2.75) is 10.4 Å². The predicted molar refractivity (Wildman–Crippen MR) is 70.0 cm³/mol. The van der Waals surface area contributed by atoms with E-state index in [1.807, 2.05) is 0 Å². The fourth-order valence-corrected chi connectivity index (χ4v) is 2.33. The number of aliphatic carboxylic acids is 1. The molecule has 9 heteroatoms. The van der Waals surface area contributed by atoms with Crippen molar-refractivity contribution in [2.24, 2.45) is 0 Å². The van der Waals surface area contributed by atoms with Gasteiger partial charge in [0.25, 0.3) is 0 Å². The van der Waals surface area contributed by atoms with E-state index < -0.39 is 11.2 Å². The molecule has 0 saturated heterocycles. The minimum absolute atomic E-state index is 0.0441. The minimum atomic E-state index is -1.00. The number of methoxy groups -OCH3 is 1. The van der Waals surface area contributed by atoms with E-state index in [0.717, 1.165) is 11.8 Å². The molecule has 2 aromatic rings. The molecule has 0 amide bonds. The summed E-state index contributed by atoms with van der Waals surface area (Å²) < 4.78 is 6.26. The second-order valence-corrected chi connectivity index (χ2v) is 4.96. The summed E-state index contributed by atoms with van der Waals surface area (Å²) in [4.78, 5) is 11.1. The predicted octanol–water partition coefficient (Wildman–Crippen LogP) is 0.560. The highest BCUT2D eigenvalue weighted by atomic mass is 32.2. The average molecular weight is 296 g/mol. The SMILES string of the molecule is COCC(Sc1nnnn1-c1ccc(O)cc1)C(=O)O. The van der Waals surface area contributed by atoms with E-state index in [1.54, 1.807) is 12.1 Å². The number of aromatic nitrogens is 4. The number of phenols is 1. The summed E-state index contributed by atoms with van der Waals surface area (Å²) in [7, 11) is 1.43. The van der Waals surface area contributed by atoms with Gasteiger partial charge in [0, 0.05) is 7.11 Å². The van der Waals surface area contributed by atoms with Gasteiger partial charge in [-0.25, -0.2) is 0 Å². The highest BCUT2D eigenvalue weighted by Gasteiger charge is 2.22. The standard InChI is InChI=1S/C11H12N4O4S/c1-19-6-9(10(17)18)20-11-12-13-14-15(11)7-2-4-8(16)5-3-7/h2-5,9,16H,6H2,1H3,(H,17,18). The Bertz CT molecular complexity index is 586. The zero-order chi connectivity index (χ0) is 14.5. The summed E-state index contributed by atoms with van der Waals surface area (Å²) in [5.74, 6) is -0.879. The Morgan fingerprint density at radius 1 is 1.45 bits per heavy atom. The third-order valence-corrected chi connectivity index (χ3v) is 3.46. The zero-order valence-electron chi connectivity index (χ0n) is 10.5. The average Bonchev–Trinajstić information content (AvgIpc) is 2.87. The van der Waals surface area contributed by atoms with Gasteiger partial charge in [-0.05, 0) is 34.7 Å². The van der Waals surface area contributed by atoms with Crippen LogP contribution in [-0.4, -0.2) is 55.4 Å². The molecule has 0 aliphatic rings. The van der Waals surface area contributed by atoms with Gasteiger partial charge in [0.1, 0.15) is 11.0 Å². The van der Waals surface area contributed by atoms with Gasteiger partial charge in [0.2, 0.25) is 5.16 Å². The Labute approximate surface area is 118 Å². The quantitative estimate of drug-likeness (QED) is 0.744. The molecule has 2 N–H and O–H groups in total. The molecule has 1 aromatic heterocycles. The van der Waals surface area contributed by atoms with Crippen molar-refractivity contribution in [3.63, 3.8) is 0 Å². The Morgan fingerprint density at radius 3 is 2.75 bits per heavy atom. The van der Waals surface area contributed by atoms with Gasteiger partial charge in [-0.1, -0.05) is 11.8 Å². The van der Waals surface area contributed by atoms with Crippen LogP contribution < -0.4 is 0 Å². The molecule has 1 atom stereocenters. The first-order chi connectivity index (χ1) is 9.61. The maximum atomic E-state index is 11.1. The Balaban J connectivity index is 2.24. The molecule has 20 heavy (non-hydrogen) atoms. The number of aromatic hydroxyl groups is 1. The highest BCUT2D eigenvalue weighted by molar-refractivity contribution is 8.00. The first kappa shape index (κ1) is 14.3. The van der Waals surface area contributed by atoms with Crippen LogP contribution in [0, 0.1) is 0 Å².